The van der Waals surface area contributed by atoms with Crippen molar-refractivity contribution in [3.63, 3.8) is 0 Å². The van der Waals surface area contributed by atoms with Gasteiger partial charge in [-0.05, 0) is 42.0 Å². The average molecular weight is 454 g/mol. The molecule has 0 bridgehead atoms. The van der Waals surface area contributed by atoms with Gasteiger partial charge in [0.1, 0.15) is 5.58 Å². The van der Waals surface area contributed by atoms with Crippen LogP contribution in [0.25, 0.3) is 22.1 Å². The lowest BCUT2D eigenvalue weighted by atomic mass is 10.0. The summed E-state index contributed by atoms with van der Waals surface area (Å²) in [5.74, 6) is -1.74. The molecule has 0 aliphatic rings. The van der Waals surface area contributed by atoms with E-state index in [0.29, 0.717) is 16.7 Å². The first kappa shape index (κ1) is 20.7. The van der Waals surface area contributed by atoms with Crippen LogP contribution < -0.4 is 10.9 Å². The van der Waals surface area contributed by atoms with E-state index in [1.165, 1.54) is 12.1 Å². The van der Waals surface area contributed by atoms with Crippen molar-refractivity contribution in [2.24, 2.45) is 0 Å². The van der Waals surface area contributed by atoms with Crippen molar-refractivity contribution < 1.29 is 19.1 Å². The van der Waals surface area contributed by atoms with Crippen LogP contribution in [0.3, 0.4) is 0 Å². The zero-order valence-electron chi connectivity index (χ0n) is 15.7. The SMILES string of the molecule is O=C(Nc1cc(C(=O)O)c(Cl)cc1Cl)c1ccc(-c2cc3ccccc3oc2=O)cc1. The third-order valence-electron chi connectivity index (χ3n) is 4.63. The van der Waals surface area contributed by atoms with Gasteiger partial charge in [-0.1, -0.05) is 53.5 Å². The third kappa shape index (κ3) is 4.17. The molecular weight excluding hydrogens is 441 g/mol. The van der Waals surface area contributed by atoms with Gasteiger partial charge in [0, 0.05) is 10.9 Å². The van der Waals surface area contributed by atoms with Gasteiger partial charge in [-0.15, -0.1) is 0 Å². The fourth-order valence-electron chi connectivity index (χ4n) is 3.07. The normalized spacial score (nSPS) is 10.8. The number of carbonyl (C=O) groups is 2. The number of anilines is 1. The molecule has 6 nitrogen and oxygen atoms in total. The lowest BCUT2D eigenvalue weighted by Gasteiger charge is -2.10. The van der Waals surface area contributed by atoms with Crippen LogP contribution in [0.2, 0.25) is 10.0 Å². The lowest BCUT2D eigenvalue weighted by Crippen LogP contribution is -2.13. The van der Waals surface area contributed by atoms with Crippen LogP contribution in [0.15, 0.2) is 75.9 Å². The summed E-state index contributed by atoms with van der Waals surface area (Å²) >= 11 is 11.9. The quantitative estimate of drug-likeness (QED) is 0.385. The van der Waals surface area contributed by atoms with Crippen molar-refractivity contribution in [1.29, 1.82) is 0 Å². The van der Waals surface area contributed by atoms with Crippen molar-refractivity contribution in [3.05, 3.63) is 98.3 Å². The minimum atomic E-state index is -1.24. The molecule has 8 heteroatoms. The fraction of sp³-hybridized carbons (Fsp3) is 0. The summed E-state index contributed by atoms with van der Waals surface area (Å²) in [6.45, 7) is 0. The molecular formula is C23H13Cl2NO5. The standard InChI is InChI=1S/C23H13Cl2NO5/c24-17-11-18(25)19(10-16(17)22(28)29)26-21(27)13-7-5-12(6-8-13)15-9-14-3-1-2-4-20(14)31-23(15)30/h1-11H,(H,26,27)(H,28,29). The third-order valence-corrected chi connectivity index (χ3v) is 5.26. The molecule has 0 saturated carbocycles. The van der Waals surface area contributed by atoms with Gasteiger partial charge in [0.2, 0.25) is 0 Å². The highest BCUT2D eigenvalue weighted by atomic mass is 35.5. The summed E-state index contributed by atoms with van der Waals surface area (Å²) in [6, 6.07) is 17.7. The number of aromatic carboxylic acids is 1. The van der Waals surface area contributed by atoms with Crippen LogP contribution >= 0.6 is 23.2 Å². The van der Waals surface area contributed by atoms with Crippen LogP contribution in [-0.2, 0) is 0 Å². The zero-order chi connectivity index (χ0) is 22.1. The summed E-state index contributed by atoms with van der Waals surface area (Å²) in [6.07, 6.45) is 0. The minimum Gasteiger partial charge on any atom is -0.478 e. The number of amides is 1. The van der Waals surface area contributed by atoms with E-state index in [9.17, 15) is 19.5 Å². The summed E-state index contributed by atoms with van der Waals surface area (Å²) in [5.41, 5.74) is 1.20. The first-order valence-electron chi connectivity index (χ1n) is 9.00. The highest BCUT2D eigenvalue weighted by molar-refractivity contribution is 6.38. The Hall–Kier alpha value is -3.61. The number of rotatable bonds is 4. The summed E-state index contributed by atoms with van der Waals surface area (Å²) < 4.78 is 5.35. The number of hydrogen-bond acceptors (Lipinski definition) is 4. The molecule has 0 radical (unpaired) electrons. The molecule has 4 rings (SSSR count). The molecule has 4 aromatic rings. The van der Waals surface area contributed by atoms with Crippen molar-refractivity contribution in [2.45, 2.75) is 0 Å². The lowest BCUT2D eigenvalue weighted by molar-refractivity contribution is 0.0696. The van der Waals surface area contributed by atoms with Crippen LogP contribution in [0.1, 0.15) is 20.7 Å². The van der Waals surface area contributed by atoms with E-state index < -0.39 is 17.5 Å². The van der Waals surface area contributed by atoms with Gasteiger partial charge in [-0.2, -0.15) is 0 Å². The number of para-hydroxylation sites is 1. The van der Waals surface area contributed by atoms with Crippen LogP contribution in [0.5, 0.6) is 0 Å². The molecule has 2 N–H and O–H groups in total. The van der Waals surface area contributed by atoms with E-state index >= 15 is 0 Å². The predicted octanol–water partition coefficient (Wildman–Crippen LogP) is 5.72. The molecule has 0 fully saturated rings. The molecule has 0 aliphatic carbocycles. The average Bonchev–Trinajstić information content (AvgIpc) is 2.75. The number of halogens is 2. The Morgan fingerprint density at radius 3 is 2.32 bits per heavy atom. The Morgan fingerprint density at radius 2 is 1.61 bits per heavy atom. The smallest absolute Gasteiger partial charge is 0.344 e. The maximum absolute atomic E-state index is 12.6. The molecule has 154 valence electrons. The number of hydrogen-bond donors (Lipinski definition) is 2. The maximum atomic E-state index is 12.6. The zero-order valence-corrected chi connectivity index (χ0v) is 17.2. The van der Waals surface area contributed by atoms with E-state index in [2.05, 4.69) is 5.32 Å². The van der Waals surface area contributed by atoms with Gasteiger partial charge in [0.25, 0.3) is 5.91 Å². The van der Waals surface area contributed by atoms with E-state index in [1.54, 1.807) is 42.5 Å². The highest BCUT2D eigenvalue weighted by Crippen LogP contribution is 2.30. The number of carbonyl (C=O) groups excluding carboxylic acids is 1. The summed E-state index contributed by atoms with van der Waals surface area (Å²) in [7, 11) is 0. The topological polar surface area (TPSA) is 96.6 Å². The van der Waals surface area contributed by atoms with Gasteiger partial charge in [-0.25, -0.2) is 9.59 Å². The maximum Gasteiger partial charge on any atom is 0.344 e. The van der Waals surface area contributed by atoms with Crippen LogP contribution in [-0.4, -0.2) is 17.0 Å². The first-order valence-corrected chi connectivity index (χ1v) is 9.76. The Kier molecular flexibility index (Phi) is 5.50. The molecule has 0 spiro atoms. The van der Waals surface area contributed by atoms with Gasteiger partial charge in [0.15, 0.2) is 0 Å². The second kappa shape index (κ2) is 8.26. The van der Waals surface area contributed by atoms with Crippen molar-refractivity contribution >= 4 is 51.7 Å². The molecule has 0 saturated heterocycles. The van der Waals surface area contributed by atoms with Crippen LogP contribution in [0.4, 0.5) is 5.69 Å². The molecule has 1 aromatic heterocycles. The summed E-state index contributed by atoms with van der Waals surface area (Å²) in [5, 5.41) is 12.6. The second-order valence-electron chi connectivity index (χ2n) is 6.63. The number of fused-ring (bicyclic) bond motifs is 1. The van der Waals surface area contributed by atoms with E-state index in [0.717, 1.165) is 5.39 Å². The molecule has 3 aromatic carbocycles. The monoisotopic (exact) mass is 453 g/mol. The highest BCUT2D eigenvalue weighted by Gasteiger charge is 2.16. The van der Waals surface area contributed by atoms with Crippen molar-refractivity contribution in [3.8, 4) is 11.1 Å². The van der Waals surface area contributed by atoms with E-state index in [4.69, 9.17) is 27.6 Å². The molecule has 0 aliphatic heterocycles. The largest absolute Gasteiger partial charge is 0.478 e. The molecule has 0 unspecified atom stereocenters. The Labute approximate surface area is 185 Å². The molecule has 1 heterocycles. The van der Waals surface area contributed by atoms with Gasteiger partial charge >= 0.3 is 11.6 Å². The van der Waals surface area contributed by atoms with E-state index in [-0.39, 0.29) is 26.9 Å². The van der Waals surface area contributed by atoms with Crippen molar-refractivity contribution in [1.82, 2.24) is 0 Å². The number of nitrogens with one attached hydrogen (secondary N) is 1. The van der Waals surface area contributed by atoms with Gasteiger partial charge < -0.3 is 14.8 Å². The minimum absolute atomic E-state index is 0.0333. The Balaban J connectivity index is 1.61. The molecule has 0 atom stereocenters. The predicted molar refractivity (Wildman–Crippen MR) is 119 cm³/mol. The van der Waals surface area contributed by atoms with E-state index in [1.807, 2.05) is 12.1 Å². The number of benzene rings is 3. The summed E-state index contributed by atoms with van der Waals surface area (Å²) in [4.78, 5) is 36.2. The number of carboxylic acid groups (broad SMARTS) is 1. The number of carboxylic acids is 1. The molecule has 31 heavy (non-hydrogen) atoms. The second-order valence-corrected chi connectivity index (χ2v) is 7.45. The molecule has 1 amide bonds. The van der Waals surface area contributed by atoms with Crippen LogP contribution in [0, 0.1) is 0 Å². The van der Waals surface area contributed by atoms with Gasteiger partial charge in [0.05, 0.1) is 26.9 Å². The Bertz CT molecular complexity index is 1390. The Morgan fingerprint density at radius 1 is 0.903 bits per heavy atom. The first-order chi connectivity index (χ1) is 14.8. The fourth-order valence-corrected chi connectivity index (χ4v) is 3.58. The van der Waals surface area contributed by atoms with Crippen molar-refractivity contribution in [2.75, 3.05) is 5.32 Å². The van der Waals surface area contributed by atoms with Gasteiger partial charge in [-0.3, -0.25) is 4.79 Å².